The number of nitrogen functional groups attached to an aromatic ring is 1. The lowest BCUT2D eigenvalue weighted by atomic mass is 9.95. The van der Waals surface area contributed by atoms with Crippen molar-refractivity contribution in [2.45, 2.75) is 43.9 Å². The van der Waals surface area contributed by atoms with E-state index < -0.39 is 25.2 Å². The highest BCUT2D eigenvalue weighted by molar-refractivity contribution is 5.86. The molecule has 5 N–H and O–H groups in total. The number of benzene rings is 1. The van der Waals surface area contributed by atoms with Gasteiger partial charge in [0.1, 0.15) is 29.7 Å². The maximum atomic E-state index is 12.5. The zero-order valence-corrected chi connectivity index (χ0v) is 18.4. The van der Waals surface area contributed by atoms with Crippen LogP contribution in [0.5, 0.6) is 0 Å². The lowest BCUT2D eigenvalue weighted by Crippen LogP contribution is -2.29. The summed E-state index contributed by atoms with van der Waals surface area (Å²) in [6, 6.07) is 10.9. The maximum absolute atomic E-state index is 12.5. The van der Waals surface area contributed by atoms with Crippen LogP contribution in [0.2, 0.25) is 0 Å². The second-order valence-corrected chi connectivity index (χ2v) is 8.80. The van der Waals surface area contributed by atoms with E-state index in [9.17, 15) is 19.0 Å². The number of rotatable bonds is 7. The number of pyridine rings is 1. The van der Waals surface area contributed by atoms with Crippen molar-refractivity contribution < 1.29 is 19.0 Å². The van der Waals surface area contributed by atoms with Crippen LogP contribution in [0.1, 0.15) is 24.4 Å². The topological polar surface area (TPSA) is 122 Å². The molecule has 0 spiro atoms. The molecule has 5 rings (SSSR count). The molecule has 4 aromatic rings. The number of nitrogens with one attached hydrogen (secondary N) is 1. The molecular weight excluding hydrogens is 442 g/mol. The molecule has 0 saturated heterocycles. The summed E-state index contributed by atoms with van der Waals surface area (Å²) in [7, 11) is 0. The van der Waals surface area contributed by atoms with E-state index in [0.717, 1.165) is 21.9 Å². The van der Waals surface area contributed by atoms with Crippen molar-refractivity contribution in [2.24, 2.45) is 5.92 Å². The Morgan fingerprint density at radius 3 is 2.76 bits per heavy atom. The second-order valence-electron chi connectivity index (χ2n) is 8.80. The number of aromatic nitrogens is 4. The molecular formula is C24H26F2N6O2. The average Bonchev–Trinajstić information content (AvgIpc) is 3.38. The van der Waals surface area contributed by atoms with Gasteiger partial charge in [-0.05, 0) is 55.0 Å². The number of alkyl halides is 2. The van der Waals surface area contributed by atoms with E-state index in [0.29, 0.717) is 36.5 Å². The van der Waals surface area contributed by atoms with E-state index in [2.05, 4.69) is 20.3 Å². The van der Waals surface area contributed by atoms with Crippen LogP contribution in [-0.4, -0.2) is 54.9 Å². The van der Waals surface area contributed by atoms with Gasteiger partial charge in [0.2, 0.25) is 0 Å². The molecule has 10 heteroatoms. The van der Waals surface area contributed by atoms with Crippen molar-refractivity contribution in [1.82, 2.24) is 19.5 Å². The van der Waals surface area contributed by atoms with E-state index in [1.165, 1.54) is 6.33 Å². The summed E-state index contributed by atoms with van der Waals surface area (Å²) < 4.78 is 26.8. The predicted octanol–water partition coefficient (Wildman–Crippen LogP) is 3.15. The third kappa shape index (κ3) is 4.26. The molecule has 1 aliphatic rings. The fourth-order valence-corrected chi connectivity index (χ4v) is 4.87. The van der Waals surface area contributed by atoms with Gasteiger partial charge in [-0.2, -0.15) is 0 Å². The van der Waals surface area contributed by atoms with Crippen molar-refractivity contribution in [2.75, 3.05) is 17.6 Å². The molecule has 1 fully saturated rings. The van der Waals surface area contributed by atoms with Gasteiger partial charge in [-0.15, -0.1) is 0 Å². The normalized spacial score (nSPS) is 22.7. The highest BCUT2D eigenvalue weighted by Gasteiger charge is 2.42. The van der Waals surface area contributed by atoms with E-state index in [1.54, 1.807) is 6.07 Å². The molecule has 3 aromatic heterocycles. The number of anilines is 2. The minimum Gasteiger partial charge on any atom is -0.390 e. The first-order valence-electron chi connectivity index (χ1n) is 11.3. The van der Waals surface area contributed by atoms with E-state index in [4.69, 9.17) is 5.73 Å². The molecule has 0 unspecified atom stereocenters. The Morgan fingerprint density at radius 2 is 1.94 bits per heavy atom. The van der Waals surface area contributed by atoms with Gasteiger partial charge in [0.15, 0.2) is 0 Å². The minimum atomic E-state index is -2.45. The first-order chi connectivity index (χ1) is 16.4. The molecule has 0 radical (unpaired) electrons. The van der Waals surface area contributed by atoms with Crippen LogP contribution >= 0.6 is 0 Å². The van der Waals surface area contributed by atoms with Crippen LogP contribution in [0.3, 0.4) is 0 Å². The first kappa shape index (κ1) is 22.4. The highest BCUT2D eigenvalue weighted by atomic mass is 19.3. The number of aryl methyl sites for hydroxylation is 1. The SMILES string of the molecule is Nc1ncnc2c1ccn2[C@@H]1C[C@H](CCc2ccc3ccc(NCC(F)F)nc3c2)[C@@H](O)[C@H]1O. The van der Waals surface area contributed by atoms with Gasteiger partial charge >= 0.3 is 0 Å². The Hall–Kier alpha value is -3.37. The van der Waals surface area contributed by atoms with Crippen LogP contribution < -0.4 is 11.1 Å². The summed E-state index contributed by atoms with van der Waals surface area (Å²) in [5.74, 6) is 0.690. The lowest BCUT2D eigenvalue weighted by molar-refractivity contribution is 0.00545. The summed E-state index contributed by atoms with van der Waals surface area (Å²) in [4.78, 5) is 12.7. The molecule has 1 aliphatic carbocycles. The molecule has 178 valence electrons. The van der Waals surface area contributed by atoms with E-state index in [1.807, 2.05) is 41.1 Å². The van der Waals surface area contributed by atoms with Crippen LogP contribution in [0, 0.1) is 5.92 Å². The van der Waals surface area contributed by atoms with Crippen molar-refractivity contribution in [3.63, 3.8) is 0 Å². The van der Waals surface area contributed by atoms with Gasteiger partial charge in [-0.3, -0.25) is 0 Å². The summed E-state index contributed by atoms with van der Waals surface area (Å²) in [5.41, 5.74) is 8.32. The van der Waals surface area contributed by atoms with Crippen LogP contribution in [0.15, 0.2) is 48.9 Å². The number of hydrogen-bond acceptors (Lipinski definition) is 7. The molecule has 1 saturated carbocycles. The number of aliphatic hydroxyl groups excluding tert-OH is 2. The molecule has 3 heterocycles. The molecule has 0 amide bonds. The Kier molecular flexibility index (Phi) is 6.01. The highest BCUT2D eigenvalue weighted by Crippen LogP contribution is 2.39. The fourth-order valence-electron chi connectivity index (χ4n) is 4.87. The largest absolute Gasteiger partial charge is 0.390 e. The Bertz CT molecular complexity index is 1310. The van der Waals surface area contributed by atoms with Crippen molar-refractivity contribution in [3.8, 4) is 0 Å². The number of halogens is 2. The van der Waals surface area contributed by atoms with E-state index >= 15 is 0 Å². The number of nitrogens with two attached hydrogens (primary N) is 1. The summed E-state index contributed by atoms with van der Waals surface area (Å²) in [6.45, 7) is -0.448. The summed E-state index contributed by atoms with van der Waals surface area (Å²) >= 11 is 0. The number of aliphatic hydroxyl groups is 2. The fraction of sp³-hybridized carbons (Fsp3) is 0.375. The third-order valence-corrected chi connectivity index (χ3v) is 6.67. The van der Waals surface area contributed by atoms with Crippen molar-refractivity contribution in [3.05, 3.63) is 54.5 Å². The van der Waals surface area contributed by atoms with Crippen molar-refractivity contribution in [1.29, 1.82) is 0 Å². The van der Waals surface area contributed by atoms with Gasteiger partial charge in [-0.1, -0.05) is 12.1 Å². The predicted molar refractivity (Wildman–Crippen MR) is 126 cm³/mol. The molecule has 0 aliphatic heterocycles. The Balaban J connectivity index is 1.29. The van der Waals surface area contributed by atoms with Crippen LogP contribution in [0.4, 0.5) is 20.4 Å². The number of hydrogen-bond donors (Lipinski definition) is 4. The molecule has 8 nitrogen and oxygen atoms in total. The zero-order chi connectivity index (χ0) is 23.8. The summed E-state index contributed by atoms with van der Waals surface area (Å²) in [6.07, 6.45) is 0.969. The number of fused-ring (bicyclic) bond motifs is 2. The van der Waals surface area contributed by atoms with Gasteiger partial charge in [0, 0.05) is 11.6 Å². The van der Waals surface area contributed by atoms with Gasteiger partial charge < -0.3 is 25.8 Å². The Morgan fingerprint density at radius 1 is 1.12 bits per heavy atom. The zero-order valence-electron chi connectivity index (χ0n) is 18.4. The standard InChI is InChI=1S/C24H26F2N6O2/c25-19(26)11-28-20-6-5-14-3-1-13(9-17(14)31-20)2-4-15-10-18(22(34)21(15)33)32-8-7-16-23(27)29-12-30-24(16)32/h1,3,5-9,12,15,18-19,21-22,33-34H,2,4,10-11H2,(H,28,31)(H2,27,29,30)/t15-,18+,21+,22-/m0/s1. The number of nitrogens with zero attached hydrogens (tertiary/aromatic N) is 4. The van der Waals surface area contributed by atoms with Crippen molar-refractivity contribution >= 4 is 33.6 Å². The molecule has 4 atom stereocenters. The van der Waals surface area contributed by atoms with Crippen LogP contribution in [-0.2, 0) is 6.42 Å². The van der Waals surface area contributed by atoms with Gasteiger partial charge in [0.25, 0.3) is 6.43 Å². The summed E-state index contributed by atoms with van der Waals surface area (Å²) in [5, 5.41) is 25.8. The monoisotopic (exact) mass is 468 g/mol. The molecule has 1 aromatic carbocycles. The smallest absolute Gasteiger partial charge is 0.255 e. The first-order valence-corrected chi connectivity index (χ1v) is 11.3. The van der Waals surface area contributed by atoms with Gasteiger partial charge in [-0.25, -0.2) is 23.7 Å². The van der Waals surface area contributed by atoms with E-state index in [-0.39, 0.29) is 12.0 Å². The lowest BCUT2D eigenvalue weighted by Gasteiger charge is -2.19. The maximum Gasteiger partial charge on any atom is 0.255 e. The average molecular weight is 469 g/mol. The molecule has 0 bridgehead atoms. The minimum absolute atomic E-state index is 0.0978. The van der Waals surface area contributed by atoms with Gasteiger partial charge in [0.05, 0.1) is 29.6 Å². The molecule has 34 heavy (non-hydrogen) atoms. The Labute approximate surface area is 194 Å². The third-order valence-electron chi connectivity index (χ3n) is 6.67. The second kappa shape index (κ2) is 9.11. The van der Waals surface area contributed by atoms with Crippen LogP contribution in [0.25, 0.3) is 21.9 Å². The quantitative estimate of drug-likeness (QED) is 0.329.